The second-order valence-corrected chi connectivity index (χ2v) is 5.44. The monoisotopic (exact) mass is 226 g/mol. The molecular weight excluding hydrogens is 208 g/mol. The number of rotatable bonds is 1. The fourth-order valence-corrected chi connectivity index (χ4v) is 3.01. The summed E-state index contributed by atoms with van der Waals surface area (Å²) in [5, 5.41) is 13.2. The number of hydrogen-bond acceptors (Lipinski definition) is 1. The van der Waals surface area contributed by atoms with E-state index in [1.54, 1.807) is 0 Å². The summed E-state index contributed by atoms with van der Waals surface area (Å²) in [7, 11) is 0. The van der Waals surface area contributed by atoms with E-state index in [1.165, 1.54) is 10.8 Å². The summed E-state index contributed by atoms with van der Waals surface area (Å²) in [6, 6.07) is 14.7. The summed E-state index contributed by atoms with van der Waals surface area (Å²) >= 11 is 0. The highest BCUT2D eigenvalue weighted by atomic mass is 16.3. The van der Waals surface area contributed by atoms with Crippen LogP contribution in [0.4, 0.5) is 0 Å². The molecule has 0 spiro atoms. The van der Waals surface area contributed by atoms with Gasteiger partial charge in [-0.1, -0.05) is 43.3 Å². The van der Waals surface area contributed by atoms with E-state index in [-0.39, 0.29) is 0 Å². The van der Waals surface area contributed by atoms with Gasteiger partial charge in [0.25, 0.3) is 0 Å². The standard InChI is InChI=1S/C16H18O/c1-12-8-9-16(17,11-12)15-7-6-13-4-2-3-5-14(13)10-15/h2-7,10,12,17H,8-9,11H2,1H3. The molecule has 0 amide bonds. The zero-order chi connectivity index (χ0) is 11.9. The quantitative estimate of drug-likeness (QED) is 0.783. The van der Waals surface area contributed by atoms with Crippen molar-refractivity contribution >= 4 is 10.8 Å². The highest BCUT2D eigenvalue weighted by Crippen LogP contribution is 2.42. The second-order valence-electron chi connectivity index (χ2n) is 5.44. The molecule has 0 radical (unpaired) electrons. The van der Waals surface area contributed by atoms with Gasteiger partial charge in [-0.2, -0.15) is 0 Å². The minimum Gasteiger partial charge on any atom is -0.385 e. The van der Waals surface area contributed by atoms with Crippen molar-refractivity contribution in [2.45, 2.75) is 31.8 Å². The van der Waals surface area contributed by atoms with E-state index in [4.69, 9.17) is 0 Å². The lowest BCUT2D eigenvalue weighted by atomic mass is 9.90. The maximum absolute atomic E-state index is 10.7. The van der Waals surface area contributed by atoms with Crippen molar-refractivity contribution in [2.75, 3.05) is 0 Å². The first-order chi connectivity index (χ1) is 8.17. The molecule has 3 rings (SSSR count). The molecule has 1 N–H and O–H groups in total. The highest BCUT2D eigenvalue weighted by Gasteiger charge is 2.36. The van der Waals surface area contributed by atoms with Crippen LogP contribution in [0.2, 0.25) is 0 Å². The van der Waals surface area contributed by atoms with Crippen LogP contribution in [-0.4, -0.2) is 5.11 Å². The summed E-state index contributed by atoms with van der Waals surface area (Å²) < 4.78 is 0. The van der Waals surface area contributed by atoms with E-state index in [2.05, 4.69) is 37.3 Å². The van der Waals surface area contributed by atoms with E-state index in [0.29, 0.717) is 5.92 Å². The van der Waals surface area contributed by atoms with Gasteiger partial charge in [0.1, 0.15) is 0 Å². The van der Waals surface area contributed by atoms with Crippen LogP contribution in [0.15, 0.2) is 42.5 Å². The van der Waals surface area contributed by atoms with Gasteiger partial charge in [-0.15, -0.1) is 0 Å². The summed E-state index contributed by atoms with van der Waals surface area (Å²) in [6.07, 6.45) is 2.92. The van der Waals surface area contributed by atoms with Crippen molar-refractivity contribution in [3.05, 3.63) is 48.0 Å². The van der Waals surface area contributed by atoms with Gasteiger partial charge in [0, 0.05) is 0 Å². The van der Waals surface area contributed by atoms with Crippen molar-refractivity contribution in [3.63, 3.8) is 0 Å². The first kappa shape index (κ1) is 10.8. The summed E-state index contributed by atoms with van der Waals surface area (Å²) in [5.74, 6) is 0.631. The molecule has 1 saturated carbocycles. The van der Waals surface area contributed by atoms with Crippen molar-refractivity contribution < 1.29 is 5.11 Å². The molecule has 1 aliphatic rings. The Labute approximate surface area is 102 Å². The number of benzene rings is 2. The van der Waals surface area contributed by atoms with Crippen LogP contribution in [-0.2, 0) is 5.60 Å². The minimum atomic E-state index is -0.594. The largest absolute Gasteiger partial charge is 0.385 e. The number of aliphatic hydroxyl groups is 1. The summed E-state index contributed by atoms with van der Waals surface area (Å²) in [4.78, 5) is 0. The molecule has 2 aromatic carbocycles. The fourth-order valence-electron chi connectivity index (χ4n) is 3.01. The molecule has 1 heteroatoms. The van der Waals surface area contributed by atoms with E-state index in [1.807, 2.05) is 12.1 Å². The Morgan fingerprint density at radius 2 is 1.88 bits per heavy atom. The molecule has 0 bridgehead atoms. The average molecular weight is 226 g/mol. The van der Waals surface area contributed by atoms with Gasteiger partial charge in [0.05, 0.1) is 5.60 Å². The molecule has 88 valence electrons. The normalized spacial score (nSPS) is 28.7. The van der Waals surface area contributed by atoms with E-state index in [0.717, 1.165) is 24.8 Å². The average Bonchev–Trinajstić information content (AvgIpc) is 2.70. The first-order valence-corrected chi connectivity index (χ1v) is 6.39. The third kappa shape index (κ3) is 1.85. The molecule has 2 unspecified atom stereocenters. The smallest absolute Gasteiger partial charge is 0.0899 e. The Hall–Kier alpha value is -1.34. The summed E-state index contributed by atoms with van der Waals surface area (Å²) in [5.41, 5.74) is 0.490. The number of fused-ring (bicyclic) bond motifs is 1. The Morgan fingerprint density at radius 1 is 1.12 bits per heavy atom. The van der Waals surface area contributed by atoms with Gasteiger partial charge >= 0.3 is 0 Å². The molecular formula is C16H18O. The van der Waals surface area contributed by atoms with Crippen molar-refractivity contribution in [3.8, 4) is 0 Å². The SMILES string of the molecule is CC1CCC(O)(c2ccc3ccccc3c2)C1. The molecule has 2 aromatic rings. The summed E-state index contributed by atoms with van der Waals surface area (Å²) in [6.45, 7) is 2.22. The van der Waals surface area contributed by atoms with Crippen LogP contribution >= 0.6 is 0 Å². The van der Waals surface area contributed by atoms with Gasteiger partial charge < -0.3 is 5.11 Å². The predicted molar refractivity (Wildman–Crippen MR) is 70.9 cm³/mol. The zero-order valence-electron chi connectivity index (χ0n) is 10.2. The molecule has 0 saturated heterocycles. The molecule has 1 nitrogen and oxygen atoms in total. The zero-order valence-corrected chi connectivity index (χ0v) is 10.2. The topological polar surface area (TPSA) is 20.2 Å². The minimum absolute atomic E-state index is 0.594. The lowest BCUT2D eigenvalue weighted by Gasteiger charge is -2.23. The van der Waals surface area contributed by atoms with E-state index >= 15 is 0 Å². The van der Waals surface area contributed by atoms with Crippen LogP contribution in [0.1, 0.15) is 31.7 Å². The lowest BCUT2D eigenvalue weighted by Crippen LogP contribution is -2.21. The highest BCUT2D eigenvalue weighted by molar-refractivity contribution is 5.83. The molecule has 17 heavy (non-hydrogen) atoms. The molecule has 0 aromatic heterocycles. The molecule has 1 aliphatic carbocycles. The lowest BCUT2D eigenvalue weighted by molar-refractivity contribution is 0.0409. The van der Waals surface area contributed by atoms with Crippen LogP contribution in [0.5, 0.6) is 0 Å². The molecule has 1 fully saturated rings. The van der Waals surface area contributed by atoms with Crippen molar-refractivity contribution in [1.82, 2.24) is 0 Å². The van der Waals surface area contributed by atoms with E-state index < -0.39 is 5.60 Å². The first-order valence-electron chi connectivity index (χ1n) is 6.39. The molecule has 0 aliphatic heterocycles. The third-order valence-electron chi connectivity index (χ3n) is 4.02. The Bertz CT molecular complexity index is 546. The Kier molecular flexibility index (Phi) is 2.44. The second kappa shape index (κ2) is 3.85. The van der Waals surface area contributed by atoms with Gasteiger partial charge in [-0.25, -0.2) is 0 Å². The van der Waals surface area contributed by atoms with Crippen molar-refractivity contribution in [2.24, 2.45) is 5.92 Å². The van der Waals surface area contributed by atoms with Gasteiger partial charge in [0.15, 0.2) is 0 Å². The van der Waals surface area contributed by atoms with Gasteiger partial charge in [-0.05, 0) is 47.6 Å². The van der Waals surface area contributed by atoms with E-state index in [9.17, 15) is 5.11 Å². The van der Waals surface area contributed by atoms with Gasteiger partial charge in [0.2, 0.25) is 0 Å². The maximum atomic E-state index is 10.7. The Morgan fingerprint density at radius 3 is 2.59 bits per heavy atom. The third-order valence-corrected chi connectivity index (χ3v) is 4.02. The van der Waals surface area contributed by atoms with Crippen LogP contribution in [0.25, 0.3) is 10.8 Å². The Balaban J connectivity index is 2.06. The van der Waals surface area contributed by atoms with Crippen LogP contribution < -0.4 is 0 Å². The van der Waals surface area contributed by atoms with Gasteiger partial charge in [-0.3, -0.25) is 0 Å². The number of hydrogen-bond donors (Lipinski definition) is 1. The van der Waals surface area contributed by atoms with Crippen molar-refractivity contribution in [1.29, 1.82) is 0 Å². The molecule has 0 heterocycles. The molecule has 2 atom stereocenters. The fraction of sp³-hybridized carbons (Fsp3) is 0.375. The maximum Gasteiger partial charge on any atom is 0.0899 e. The predicted octanol–water partition coefficient (Wildman–Crippen LogP) is 3.85. The van der Waals surface area contributed by atoms with Crippen LogP contribution in [0.3, 0.4) is 0 Å². The van der Waals surface area contributed by atoms with Crippen LogP contribution in [0, 0.1) is 5.92 Å².